The average molecular weight is 438 g/mol. The molecule has 1 aromatic carbocycles. The summed E-state index contributed by atoms with van der Waals surface area (Å²) in [7, 11) is 0. The summed E-state index contributed by atoms with van der Waals surface area (Å²) in [4.78, 5) is 53.2. The van der Waals surface area contributed by atoms with E-state index >= 15 is 0 Å². The smallest absolute Gasteiger partial charge is 0.337 e. The van der Waals surface area contributed by atoms with E-state index in [1.165, 1.54) is 48.8 Å². The van der Waals surface area contributed by atoms with Gasteiger partial charge >= 0.3 is 12.0 Å². The van der Waals surface area contributed by atoms with Crippen LogP contribution in [0.4, 0.5) is 10.5 Å². The number of carboxylic acid groups (broad SMARTS) is 1. The largest absolute Gasteiger partial charge is 0.478 e. The molecule has 0 unspecified atom stereocenters. The normalized spacial score (nSPS) is 15.3. The van der Waals surface area contributed by atoms with E-state index in [1.54, 1.807) is 12.1 Å². The molecule has 9 nitrogen and oxygen atoms in total. The first kappa shape index (κ1) is 20.0. The minimum atomic E-state index is -1.19. The Labute approximate surface area is 179 Å². The standard InChI is InChI=1S/C21H12ClN3O6/c22-16-3-1-11(9-14(16)20(28)29)17-4-2-13(31-17)10-15-18(26)24-21(30)25(19(15)27)12-5-7-23-8-6-12/h1-10H,(H,28,29)(H,24,26,30)/b15-10-. The fourth-order valence-electron chi connectivity index (χ4n) is 2.96. The topological polar surface area (TPSA) is 130 Å². The van der Waals surface area contributed by atoms with Gasteiger partial charge in [0.05, 0.1) is 16.3 Å². The molecule has 2 N–H and O–H groups in total. The monoisotopic (exact) mass is 437 g/mol. The highest BCUT2D eigenvalue weighted by atomic mass is 35.5. The molecular formula is C21H12ClN3O6. The Balaban J connectivity index is 1.67. The molecule has 0 spiro atoms. The van der Waals surface area contributed by atoms with Crippen LogP contribution in [-0.2, 0) is 9.59 Å². The Bertz CT molecular complexity index is 1270. The van der Waals surface area contributed by atoms with Gasteiger partial charge in [-0.15, -0.1) is 0 Å². The Morgan fingerprint density at radius 2 is 1.84 bits per heavy atom. The lowest BCUT2D eigenvalue weighted by atomic mass is 10.1. The van der Waals surface area contributed by atoms with E-state index in [9.17, 15) is 24.3 Å². The quantitative estimate of drug-likeness (QED) is 0.472. The van der Waals surface area contributed by atoms with Crippen LogP contribution in [0.5, 0.6) is 0 Å². The molecule has 0 radical (unpaired) electrons. The van der Waals surface area contributed by atoms with Gasteiger partial charge < -0.3 is 9.52 Å². The molecule has 1 aliphatic heterocycles. The van der Waals surface area contributed by atoms with Gasteiger partial charge in [0.1, 0.15) is 17.1 Å². The maximum absolute atomic E-state index is 12.8. The zero-order chi connectivity index (χ0) is 22.1. The summed E-state index contributed by atoms with van der Waals surface area (Å²) in [5, 5.41) is 11.4. The van der Waals surface area contributed by atoms with Crippen molar-refractivity contribution in [3.8, 4) is 11.3 Å². The van der Waals surface area contributed by atoms with Crippen LogP contribution in [0, 0.1) is 0 Å². The van der Waals surface area contributed by atoms with Crippen molar-refractivity contribution in [2.24, 2.45) is 0 Å². The molecule has 1 fully saturated rings. The highest BCUT2D eigenvalue weighted by molar-refractivity contribution is 6.39. The fourth-order valence-corrected chi connectivity index (χ4v) is 3.15. The van der Waals surface area contributed by atoms with Crippen LogP contribution in [0.1, 0.15) is 16.1 Å². The van der Waals surface area contributed by atoms with Gasteiger partial charge in [-0.3, -0.25) is 19.9 Å². The number of amides is 4. The molecule has 1 aliphatic rings. The molecule has 0 atom stereocenters. The van der Waals surface area contributed by atoms with Gasteiger partial charge in [-0.25, -0.2) is 14.5 Å². The van der Waals surface area contributed by atoms with Gasteiger partial charge in [0.15, 0.2) is 0 Å². The first-order valence-corrected chi connectivity index (χ1v) is 9.17. The highest BCUT2D eigenvalue weighted by Crippen LogP contribution is 2.28. The SMILES string of the molecule is O=C1NC(=O)N(c2ccncc2)C(=O)/C1=C\c1ccc(-c2ccc(Cl)c(C(=O)O)c2)o1. The predicted molar refractivity (Wildman–Crippen MR) is 109 cm³/mol. The maximum Gasteiger partial charge on any atom is 0.337 e. The van der Waals surface area contributed by atoms with E-state index in [-0.39, 0.29) is 27.6 Å². The Kier molecular flexibility index (Phi) is 5.10. The number of aromatic nitrogens is 1. The van der Waals surface area contributed by atoms with Crippen molar-refractivity contribution >= 4 is 47.2 Å². The molecule has 0 aliphatic carbocycles. The lowest BCUT2D eigenvalue weighted by Gasteiger charge is -2.25. The minimum absolute atomic E-state index is 0.0792. The molecule has 31 heavy (non-hydrogen) atoms. The van der Waals surface area contributed by atoms with Gasteiger partial charge in [-0.2, -0.15) is 0 Å². The van der Waals surface area contributed by atoms with Crippen LogP contribution in [0.3, 0.4) is 0 Å². The molecular weight excluding hydrogens is 426 g/mol. The van der Waals surface area contributed by atoms with Crippen LogP contribution in [-0.4, -0.2) is 33.9 Å². The van der Waals surface area contributed by atoms with Crippen molar-refractivity contribution in [3.63, 3.8) is 0 Å². The van der Waals surface area contributed by atoms with Gasteiger partial charge in [0.25, 0.3) is 11.8 Å². The van der Waals surface area contributed by atoms with E-state index < -0.39 is 23.8 Å². The van der Waals surface area contributed by atoms with Crippen LogP contribution in [0.2, 0.25) is 5.02 Å². The van der Waals surface area contributed by atoms with E-state index in [2.05, 4.69) is 10.3 Å². The Hall–Kier alpha value is -4.24. The number of barbiturate groups is 1. The van der Waals surface area contributed by atoms with E-state index in [0.717, 1.165) is 4.90 Å². The number of rotatable bonds is 4. The zero-order valence-electron chi connectivity index (χ0n) is 15.5. The average Bonchev–Trinajstić information content (AvgIpc) is 3.20. The van der Waals surface area contributed by atoms with Crippen molar-refractivity contribution in [1.29, 1.82) is 0 Å². The molecule has 1 saturated heterocycles. The number of aromatic carboxylic acids is 1. The number of carboxylic acids is 1. The number of urea groups is 1. The van der Waals surface area contributed by atoms with Crippen LogP contribution in [0.15, 0.2) is 64.8 Å². The third-order valence-corrected chi connectivity index (χ3v) is 4.75. The van der Waals surface area contributed by atoms with Crippen molar-refractivity contribution in [2.75, 3.05) is 4.90 Å². The van der Waals surface area contributed by atoms with E-state index in [0.29, 0.717) is 11.3 Å². The number of hydrogen-bond donors (Lipinski definition) is 2. The summed E-state index contributed by atoms with van der Waals surface area (Å²) < 4.78 is 5.65. The number of carbonyl (C=O) groups excluding carboxylic acids is 3. The number of hydrogen-bond acceptors (Lipinski definition) is 6. The third kappa shape index (κ3) is 3.81. The van der Waals surface area contributed by atoms with Crippen molar-refractivity contribution in [2.45, 2.75) is 0 Å². The summed E-state index contributed by atoms with van der Waals surface area (Å²) >= 11 is 5.88. The number of imide groups is 2. The number of carbonyl (C=O) groups is 4. The highest BCUT2D eigenvalue weighted by Gasteiger charge is 2.37. The van der Waals surface area contributed by atoms with E-state index in [1.807, 2.05) is 0 Å². The third-order valence-electron chi connectivity index (χ3n) is 4.42. The molecule has 3 aromatic rings. The number of nitrogens with one attached hydrogen (secondary N) is 1. The zero-order valence-corrected chi connectivity index (χ0v) is 16.3. The number of benzene rings is 1. The first-order valence-electron chi connectivity index (χ1n) is 8.79. The molecule has 4 amide bonds. The summed E-state index contributed by atoms with van der Waals surface area (Å²) in [6, 6.07) is 9.45. The second-order valence-electron chi connectivity index (χ2n) is 6.37. The van der Waals surface area contributed by atoms with Crippen LogP contribution in [0.25, 0.3) is 17.4 Å². The van der Waals surface area contributed by atoms with Crippen molar-refractivity contribution < 1.29 is 28.7 Å². The lowest BCUT2D eigenvalue weighted by Crippen LogP contribution is -2.54. The molecule has 4 rings (SSSR count). The molecule has 10 heteroatoms. The second-order valence-corrected chi connectivity index (χ2v) is 6.77. The minimum Gasteiger partial charge on any atom is -0.478 e. The number of nitrogens with zero attached hydrogens (tertiary/aromatic N) is 2. The van der Waals surface area contributed by atoms with Crippen LogP contribution >= 0.6 is 11.6 Å². The van der Waals surface area contributed by atoms with Crippen molar-refractivity contribution in [3.05, 3.63) is 76.8 Å². The first-order chi connectivity index (χ1) is 14.8. The fraction of sp³-hybridized carbons (Fsp3) is 0. The Morgan fingerprint density at radius 1 is 1.10 bits per heavy atom. The second kappa shape index (κ2) is 7.88. The summed E-state index contributed by atoms with van der Waals surface area (Å²) in [5.74, 6) is -2.41. The molecule has 3 heterocycles. The van der Waals surface area contributed by atoms with Gasteiger partial charge in [0.2, 0.25) is 0 Å². The van der Waals surface area contributed by atoms with Gasteiger partial charge in [0, 0.05) is 18.0 Å². The number of pyridine rings is 1. The van der Waals surface area contributed by atoms with Crippen LogP contribution < -0.4 is 10.2 Å². The van der Waals surface area contributed by atoms with E-state index in [4.69, 9.17) is 16.0 Å². The molecule has 0 saturated carbocycles. The number of anilines is 1. The molecule has 154 valence electrons. The number of furan rings is 1. The molecule has 0 bridgehead atoms. The Morgan fingerprint density at radius 3 is 2.55 bits per heavy atom. The lowest BCUT2D eigenvalue weighted by molar-refractivity contribution is -0.122. The number of halogens is 1. The summed E-state index contributed by atoms with van der Waals surface area (Å²) in [6.07, 6.45) is 4.02. The summed E-state index contributed by atoms with van der Waals surface area (Å²) in [6.45, 7) is 0. The summed E-state index contributed by atoms with van der Waals surface area (Å²) in [5.41, 5.74) is 0.293. The maximum atomic E-state index is 12.8. The van der Waals surface area contributed by atoms with Gasteiger partial charge in [-0.05, 0) is 48.5 Å². The van der Waals surface area contributed by atoms with Crippen molar-refractivity contribution in [1.82, 2.24) is 10.3 Å². The predicted octanol–water partition coefficient (Wildman–Crippen LogP) is 3.36. The van der Waals surface area contributed by atoms with Gasteiger partial charge in [-0.1, -0.05) is 11.6 Å². The molecule has 2 aromatic heterocycles.